The lowest BCUT2D eigenvalue weighted by Crippen LogP contribution is -2.54. The Morgan fingerprint density at radius 3 is 2.40 bits per heavy atom. The van der Waals surface area contributed by atoms with Gasteiger partial charge >= 0.3 is 0 Å². The molecule has 0 aliphatic carbocycles. The average Bonchev–Trinajstić information content (AvgIpc) is 3.52. The number of unbranched alkanes of at least 4 members (excludes halogenated alkanes) is 2. The van der Waals surface area contributed by atoms with Crippen molar-refractivity contribution in [2.45, 2.75) is 127 Å². The first kappa shape index (κ1) is 47.3. The van der Waals surface area contributed by atoms with Crippen LogP contribution in [0.2, 0.25) is 5.02 Å². The van der Waals surface area contributed by atoms with Crippen molar-refractivity contribution < 1.29 is 37.1 Å². The van der Waals surface area contributed by atoms with Gasteiger partial charge in [-0.25, -0.2) is 18.4 Å². The van der Waals surface area contributed by atoms with Gasteiger partial charge in [0, 0.05) is 62.8 Å². The third-order valence-corrected chi connectivity index (χ3v) is 15.0. The number of aromatic nitrogens is 2. The summed E-state index contributed by atoms with van der Waals surface area (Å²) in [6.45, 7) is 11.3. The summed E-state index contributed by atoms with van der Waals surface area (Å²) in [6, 6.07) is 15.2. The smallest absolute Gasteiger partial charge is 0.264 e. The molecule has 0 bridgehead atoms. The topological polar surface area (TPSA) is 185 Å². The van der Waals surface area contributed by atoms with Crippen molar-refractivity contribution in [3.05, 3.63) is 111 Å². The Kier molecular flexibility index (Phi) is 14.7. The largest absolute Gasteiger partial charge is 0.491 e. The number of anilines is 1. The fourth-order valence-electron chi connectivity index (χ4n) is 8.95. The predicted molar refractivity (Wildman–Crippen MR) is 247 cm³/mol. The van der Waals surface area contributed by atoms with Crippen molar-refractivity contribution in [1.29, 1.82) is 0 Å². The van der Waals surface area contributed by atoms with Crippen molar-refractivity contribution in [3.8, 4) is 5.75 Å². The number of hydrogen-bond donors (Lipinski definition) is 2. The molecule has 65 heavy (non-hydrogen) atoms. The molecule has 14 nitrogen and oxygen atoms in total. The van der Waals surface area contributed by atoms with Crippen LogP contribution in [0.15, 0.2) is 65.7 Å². The number of halogens is 1. The molecule has 2 N–H and O–H groups in total. The number of aryl methyl sites for hydroxylation is 1. The van der Waals surface area contributed by atoms with Crippen LogP contribution < -0.4 is 15.4 Å². The molecule has 1 atom stereocenters. The summed E-state index contributed by atoms with van der Waals surface area (Å²) in [5, 5.41) is 5.29. The molecule has 1 unspecified atom stereocenters. The number of sulfone groups is 1. The zero-order valence-electron chi connectivity index (χ0n) is 37.6. The van der Waals surface area contributed by atoms with E-state index in [1.165, 1.54) is 5.56 Å². The highest BCUT2D eigenvalue weighted by atomic mass is 35.5. The number of benzene rings is 3. The SMILES string of the molecule is Cc1cc(Cc2ncc(Cl)c(Cc3ccccc3S(=O)(=O)C(C)C)n2)c(OC(C)C)cc1C1CCN(C(=O)CCCCCNc2cccc3c2C(=O)N(C2CCC(=O)NC2=O)C3=O)CC1. The highest BCUT2D eigenvalue weighted by Crippen LogP contribution is 2.37. The molecule has 2 fully saturated rings. The number of nitrogens with one attached hydrogen (secondary N) is 2. The van der Waals surface area contributed by atoms with Gasteiger partial charge in [0.2, 0.25) is 17.7 Å². The number of carbonyl (C=O) groups excluding carboxylic acids is 5. The van der Waals surface area contributed by atoms with Gasteiger partial charge < -0.3 is 15.0 Å². The third kappa shape index (κ3) is 10.6. The third-order valence-electron chi connectivity index (χ3n) is 12.4. The fourth-order valence-corrected chi connectivity index (χ4v) is 10.4. The predicted octanol–water partition coefficient (Wildman–Crippen LogP) is 7.37. The first-order valence-corrected chi connectivity index (χ1v) is 24.4. The Balaban J connectivity index is 0.909. The van der Waals surface area contributed by atoms with Crippen molar-refractivity contribution in [2.75, 3.05) is 25.0 Å². The van der Waals surface area contributed by atoms with E-state index in [0.29, 0.717) is 60.3 Å². The number of piperidine rings is 2. The zero-order valence-corrected chi connectivity index (χ0v) is 39.2. The number of nitrogens with zero attached hydrogens (tertiary/aromatic N) is 4. The summed E-state index contributed by atoms with van der Waals surface area (Å²) in [7, 11) is -3.52. The number of hydrogen-bond acceptors (Lipinski definition) is 11. The first-order chi connectivity index (χ1) is 31.0. The molecule has 3 aromatic carbocycles. The van der Waals surface area contributed by atoms with Crippen LogP contribution in [0.25, 0.3) is 0 Å². The molecule has 1 aromatic heterocycles. The molecule has 5 amide bonds. The quantitative estimate of drug-likeness (QED) is 0.0796. The molecule has 7 rings (SSSR count). The second kappa shape index (κ2) is 20.2. The number of imide groups is 2. The molecule has 344 valence electrons. The van der Waals surface area contributed by atoms with Gasteiger partial charge in [-0.1, -0.05) is 48.4 Å². The van der Waals surface area contributed by atoms with Crippen molar-refractivity contribution >= 4 is 56.7 Å². The van der Waals surface area contributed by atoms with Gasteiger partial charge in [0.1, 0.15) is 17.6 Å². The molecule has 2 saturated heterocycles. The van der Waals surface area contributed by atoms with E-state index < -0.39 is 44.8 Å². The summed E-state index contributed by atoms with van der Waals surface area (Å²) in [6.07, 6.45) is 6.65. The maximum atomic E-state index is 13.4. The molecule has 16 heteroatoms. The Labute approximate surface area is 385 Å². The van der Waals surface area contributed by atoms with Crippen molar-refractivity contribution in [2.24, 2.45) is 0 Å². The fraction of sp³-hybridized carbons (Fsp3) is 0.449. The van der Waals surface area contributed by atoms with Crippen LogP contribution in [0.3, 0.4) is 0 Å². The molecule has 4 heterocycles. The number of rotatable bonds is 17. The average molecular weight is 926 g/mol. The number of likely N-dealkylation sites (tertiary alicyclic amines) is 1. The lowest BCUT2D eigenvalue weighted by Gasteiger charge is -2.33. The molecule has 3 aliphatic heterocycles. The number of amides is 5. The highest BCUT2D eigenvalue weighted by molar-refractivity contribution is 7.92. The second-order valence-corrected chi connectivity index (χ2v) is 20.6. The normalized spacial score (nSPS) is 17.0. The van der Waals surface area contributed by atoms with Crippen LogP contribution in [-0.4, -0.2) is 94.8 Å². The van der Waals surface area contributed by atoms with Crippen LogP contribution in [0, 0.1) is 6.92 Å². The number of fused-ring (bicyclic) bond motifs is 1. The Morgan fingerprint density at radius 1 is 0.923 bits per heavy atom. The lowest BCUT2D eigenvalue weighted by molar-refractivity contribution is -0.136. The van der Waals surface area contributed by atoms with Crippen LogP contribution in [0.4, 0.5) is 5.69 Å². The standard InChI is InChI=1S/C49H57ClN6O8S/c1-29(2)64-41-27-36(31(5)24-34(41)26-43-52-28-37(50)39(53-43)25-33-12-8-9-15-42(33)65(62,63)30(3)4)32-19-22-55(23-20-32)45(58)16-7-6-10-21-51-38-14-11-13-35-46(38)49(61)56(48(35)60)40-17-18-44(57)54-47(40)59/h8-9,11-15,24,27-30,32,40,51H,6-7,10,16-23,25-26H2,1-5H3,(H,54,57,59). The minimum Gasteiger partial charge on any atom is -0.491 e. The summed E-state index contributed by atoms with van der Waals surface area (Å²) in [5.41, 5.74) is 5.42. The molecular formula is C49H57ClN6O8S. The van der Waals surface area contributed by atoms with Crippen LogP contribution in [-0.2, 0) is 37.1 Å². The van der Waals surface area contributed by atoms with E-state index in [9.17, 15) is 32.4 Å². The van der Waals surface area contributed by atoms with E-state index in [1.807, 2.05) is 24.8 Å². The van der Waals surface area contributed by atoms with Gasteiger partial charge in [-0.15, -0.1) is 0 Å². The second-order valence-electron chi connectivity index (χ2n) is 17.7. The van der Waals surface area contributed by atoms with E-state index >= 15 is 0 Å². The monoisotopic (exact) mass is 924 g/mol. The van der Waals surface area contributed by atoms with Crippen molar-refractivity contribution in [3.63, 3.8) is 0 Å². The van der Waals surface area contributed by atoms with Gasteiger partial charge in [-0.3, -0.25) is 34.2 Å². The van der Waals surface area contributed by atoms with Gasteiger partial charge in [-0.2, -0.15) is 0 Å². The molecule has 3 aliphatic rings. The lowest BCUT2D eigenvalue weighted by atomic mass is 9.85. The van der Waals surface area contributed by atoms with Gasteiger partial charge in [-0.05, 0) is 114 Å². The van der Waals surface area contributed by atoms with E-state index in [0.717, 1.165) is 53.9 Å². The number of carbonyl (C=O) groups is 5. The van der Waals surface area contributed by atoms with Crippen molar-refractivity contribution in [1.82, 2.24) is 25.1 Å². The zero-order chi connectivity index (χ0) is 46.6. The first-order valence-electron chi connectivity index (χ1n) is 22.5. The number of ether oxygens (including phenoxy) is 1. The highest BCUT2D eigenvalue weighted by Gasteiger charge is 2.45. The summed E-state index contributed by atoms with van der Waals surface area (Å²) in [4.78, 5) is 76.6. The Hall–Kier alpha value is -5.67. The summed E-state index contributed by atoms with van der Waals surface area (Å²) >= 11 is 6.59. The van der Waals surface area contributed by atoms with Gasteiger partial charge in [0.15, 0.2) is 9.84 Å². The molecule has 4 aromatic rings. The van der Waals surface area contributed by atoms with Crippen LogP contribution >= 0.6 is 11.6 Å². The maximum absolute atomic E-state index is 13.4. The van der Waals surface area contributed by atoms with Gasteiger partial charge in [0.05, 0.1) is 38.1 Å². The molecule has 0 saturated carbocycles. The van der Waals surface area contributed by atoms with E-state index in [1.54, 1.807) is 56.4 Å². The summed E-state index contributed by atoms with van der Waals surface area (Å²) in [5.74, 6) is -0.456. The maximum Gasteiger partial charge on any atom is 0.264 e. The van der Waals surface area contributed by atoms with Gasteiger partial charge in [0.25, 0.3) is 11.8 Å². The van der Waals surface area contributed by atoms with E-state index in [-0.39, 0.29) is 53.2 Å². The molecule has 0 radical (unpaired) electrons. The van der Waals surface area contributed by atoms with E-state index in [4.69, 9.17) is 21.3 Å². The molecular weight excluding hydrogens is 868 g/mol. The Morgan fingerprint density at radius 2 is 1.68 bits per heavy atom. The Bertz CT molecular complexity index is 2610. The molecule has 0 spiro atoms. The van der Waals surface area contributed by atoms with Crippen LogP contribution in [0.1, 0.15) is 139 Å². The minimum absolute atomic E-state index is 0.0584. The summed E-state index contributed by atoms with van der Waals surface area (Å²) < 4.78 is 32.7. The van der Waals surface area contributed by atoms with Crippen LogP contribution in [0.5, 0.6) is 5.75 Å². The minimum atomic E-state index is -3.52. The van der Waals surface area contributed by atoms with E-state index in [2.05, 4.69) is 34.7 Å².